The minimum absolute atomic E-state index is 0.174. The summed E-state index contributed by atoms with van der Waals surface area (Å²) in [7, 11) is -5.48. The van der Waals surface area contributed by atoms with Crippen molar-refractivity contribution in [3.8, 4) is 0 Å². The standard InChI is InChI=1S/C40H68NO35P/c1-10(46)41(11(2)47)12(3-42)19(49)33(13(48)7-68-77(63,64)65)74-40-32(62)35(76-39-30(60)27(57)22(52)16(6-45)71-39)24(54)18(73-40)9-67-37-31(61)34(75-38-29(59)26(56)21(51)15(5-44)70-38)23(53)17(72-37)8-66-36-28(58)25(55)20(50)14(4-43)69-36/h3,12-40,43-45,48-62H,4-9H2,1-2H3,(H2,63,64,65)/t12-,13+,14+,15+,16+,17+,18+,19+,20+,21+,22+,23+,24+,25-,26-,27-,28-,29-,30-,31-,32-,33+,34-,35-,36-,37-,38+,39+,40-/m0/s1. The number of aliphatic hydroxyl groups excluding tert-OH is 18. The van der Waals surface area contributed by atoms with Crippen LogP contribution in [-0.2, 0) is 70.8 Å². The smallest absolute Gasteiger partial charge is 0.394 e. The molecule has 2 amide bonds. The fraction of sp³-hybridized carbons (Fsp3) is 0.925. The molecule has 0 aromatic carbocycles. The van der Waals surface area contributed by atoms with E-state index < -0.39 is 237 Å². The maximum Gasteiger partial charge on any atom is 0.469 e. The third-order valence-electron chi connectivity index (χ3n) is 13.1. The van der Waals surface area contributed by atoms with E-state index in [2.05, 4.69) is 4.52 Å². The van der Waals surface area contributed by atoms with Crippen molar-refractivity contribution in [1.29, 1.82) is 0 Å². The highest BCUT2D eigenvalue weighted by Gasteiger charge is 2.56. The predicted octanol–water partition coefficient (Wildman–Crippen LogP) is -13.7. The van der Waals surface area contributed by atoms with Crippen LogP contribution < -0.4 is 0 Å². The van der Waals surface area contributed by atoms with Crippen LogP contribution >= 0.6 is 7.82 Å². The van der Waals surface area contributed by atoms with Gasteiger partial charge in [-0.25, -0.2) is 4.57 Å². The molecule has 20 N–H and O–H groups in total. The number of ether oxygens (including phenoxy) is 10. The van der Waals surface area contributed by atoms with Crippen molar-refractivity contribution in [3.05, 3.63) is 0 Å². The van der Waals surface area contributed by atoms with E-state index in [1.54, 1.807) is 0 Å². The molecule has 0 spiro atoms. The molecule has 5 aliphatic heterocycles. The van der Waals surface area contributed by atoms with E-state index in [0.717, 1.165) is 13.8 Å². The number of phosphoric ester groups is 1. The lowest BCUT2D eigenvalue weighted by Crippen LogP contribution is -2.67. The first-order valence-electron chi connectivity index (χ1n) is 23.5. The van der Waals surface area contributed by atoms with Gasteiger partial charge in [0.25, 0.3) is 0 Å². The Labute approximate surface area is 434 Å². The van der Waals surface area contributed by atoms with E-state index in [0.29, 0.717) is 0 Å². The zero-order chi connectivity index (χ0) is 57.7. The Morgan fingerprint density at radius 1 is 0.519 bits per heavy atom. The summed E-state index contributed by atoms with van der Waals surface area (Å²) in [5.41, 5.74) is 0. The van der Waals surface area contributed by atoms with Crippen LogP contribution in [0.4, 0.5) is 0 Å². The molecule has 29 atom stereocenters. The van der Waals surface area contributed by atoms with Gasteiger partial charge in [-0.2, -0.15) is 0 Å². The van der Waals surface area contributed by atoms with Crippen molar-refractivity contribution < 1.29 is 173 Å². The van der Waals surface area contributed by atoms with Crippen LogP contribution in [0.25, 0.3) is 0 Å². The molecule has 448 valence electrons. The molecule has 0 unspecified atom stereocenters. The first-order chi connectivity index (χ1) is 36.0. The van der Waals surface area contributed by atoms with Gasteiger partial charge in [0.15, 0.2) is 31.5 Å². The average molecular weight is 1150 g/mol. The lowest BCUT2D eigenvalue weighted by atomic mass is 9.96. The molecule has 5 rings (SSSR count). The molecule has 37 heteroatoms. The van der Waals surface area contributed by atoms with Gasteiger partial charge in [0, 0.05) is 13.8 Å². The Kier molecular flexibility index (Phi) is 24.0. The SMILES string of the molecule is CC(=O)N(C(C)=O)[C@@H](C=O)[C@@H](O)[C@H](O[C@@H]1O[C@H](CO[C@H]2O[C@H](CO[C@H]3O[C@H](CO)[C@@H](O)[C@H](O)[C@@H]3O)[C@@H](O)[C@H](O[C@H]3O[C@H](CO)[C@@H](O)[C@H](O)[C@@H]3O)[C@@H]2O)[C@@H](O)[C@H](O[C@H]2O[C@H](CO)[C@@H](O)[C@H](O)[C@@H]2O)[C@@H]1O)[C@H](O)COP(=O)(O)O. The van der Waals surface area contributed by atoms with Gasteiger partial charge < -0.3 is 154 Å². The first-order valence-corrected chi connectivity index (χ1v) is 25.0. The van der Waals surface area contributed by atoms with Crippen LogP contribution in [0.3, 0.4) is 0 Å². The number of nitrogens with zero attached hydrogens (tertiary/aromatic N) is 1. The van der Waals surface area contributed by atoms with E-state index in [4.69, 9.17) is 47.4 Å². The summed E-state index contributed by atoms with van der Waals surface area (Å²) in [6.45, 7) is -4.94. The average Bonchev–Trinajstić information content (AvgIpc) is 3.38. The largest absolute Gasteiger partial charge is 0.469 e. The van der Waals surface area contributed by atoms with Crippen LogP contribution in [0.5, 0.6) is 0 Å². The third kappa shape index (κ3) is 15.3. The Bertz CT molecular complexity index is 1910. The second-order valence-corrected chi connectivity index (χ2v) is 19.7. The number of imide groups is 1. The molecule has 0 radical (unpaired) electrons. The minimum atomic E-state index is -5.48. The molecular weight excluding hydrogens is 1090 g/mol. The van der Waals surface area contributed by atoms with Crippen LogP contribution in [0.1, 0.15) is 13.8 Å². The molecule has 0 aromatic heterocycles. The first kappa shape index (κ1) is 65.6. The highest BCUT2D eigenvalue weighted by Crippen LogP contribution is 2.38. The van der Waals surface area contributed by atoms with E-state index >= 15 is 0 Å². The van der Waals surface area contributed by atoms with Crippen molar-refractivity contribution in [2.75, 3.05) is 39.6 Å². The van der Waals surface area contributed by atoms with E-state index in [1.165, 1.54) is 0 Å². The van der Waals surface area contributed by atoms with E-state index in [-0.39, 0.29) is 11.2 Å². The van der Waals surface area contributed by atoms with Crippen LogP contribution in [0, 0.1) is 0 Å². The van der Waals surface area contributed by atoms with Gasteiger partial charge in [-0.05, 0) is 0 Å². The Morgan fingerprint density at radius 2 is 0.870 bits per heavy atom. The topological polar surface area (TPSA) is 578 Å². The quantitative estimate of drug-likeness (QED) is 0.0334. The summed E-state index contributed by atoms with van der Waals surface area (Å²) >= 11 is 0. The van der Waals surface area contributed by atoms with Crippen molar-refractivity contribution >= 4 is 25.9 Å². The van der Waals surface area contributed by atoms with E-state index in [9.17, 15) is 121 Å². The second-order valence-electron chi connectivity index (χ2n) is 18.5. The predicted molar refractivity (Wildman–Crippen MR) is 232 cm³/mol. The molecule has 36 nitrogen and oxygen atoms in total. The zero-order valence-electron chi connectivity index (χ0n) is 40.5. The number of amides is 2. The fourth-order valence-corrected chi connectivity index (χ4v) is 9.20. The third-order valence-corrected chi connectivity index (χ3v) is 13.6. The second kappa shape index (κ2) is 28.2. The lowest BCUT2D eigenvalue weighted by Gasteiger charge is -2.48. The van der Waals surface area contributed by atoms with Gasteiger partial charge >= 0.3 is 7.82 Å². The zero-order valence-corrected chi connectivity index (χ0v) is 41.4. The van der Waals surface area contributed by atoms with Gasteiger partial charge in [-0.15, -0.1) is 0 Å². The number of aliphatic hydroxyl groups is 18. The van der Waals surface area contributed by atoms with Crippen LogP contribution in [-0.4, -0.2) is 342 Å². The Balaban J connectivity index is 1.51. The van der Waals surface area contributed by atoms with Gasteiger partial charge in [0.1, 0.15) is 153 Å². The summed E-state index contributed by atoms with van der Waals surface area (Å²) in [6, 6.07) is -2.29. The Hall–Kier alpha value is -2.20. The van der Waals surface area contributed by atoms with Crippen molar-refractivity contribution in [2.24, 2.45) is 0 Å². The molecular formula is C40H68NO35P. The normalized spacial score (nSPS) is 43.7. The van der Waals surface area contributed by atoms with Crippen molar-refractivity contribution in [1.82, 2.24) is 4.90 Å². The fourth-order valence-electron chi connectivity index (χ4n) is 8.86. The Morgan fingerprint density at radius 3 is 1.25 bits per heavy atom. The van der Waals surface area contributed by atoms with Gasteiger partial charge in [-0.3, -0.25) is 19.0 Å². The molecule has 77 heavy (non-hydrogen) atoms. The van der Waals surface area contributed by atoms with Gasteiger partial charge in [0.05, 0.1) is 39.6 Å². The molecule has 5 fully saturated rings. The van der Waals surface area contributed by atoms with Crippen molar-refractivity contribution in [3.63, 3.8) is 0 Å². The highest BCUT2D eigenvalue weighted by molar-refractivity contribution is 7.46. The highest BCUT2D eigenvalue weighted by atomic mass is 31.2. The number of hydrogen-bond donors (Lipinski definition) is 20. The number of carbonyl (C=O) groups is 3. The lowest BCUT2D eigenvalue weighted by molar-refractivity contribution is -0.381. The summed E-state index contributed by atoms with van der Waals surface area (Å²) in [5, 5.41) is 193. The number of rotatable bonds is 23. The van der Waals surface area contributed by atoms with Crippen LogP contribution in [0.2, 0.25) is 0 Å². The summed E-state index contributed by atoms with van der Waals surface area (Å²) in [5.74, 6) is -2.34. The van der Waals surface area contributed by atoms with E-state index in [1.807, 2.05) is 0 Å². The number of phosphoric acid groups is 1. The minimum Gasteiger partial charge on any atom is -0.394 e. The summed E-state index contributed by atoms with van der Waals surface area (Å²) in [6.07, 6.45) is -59.6. The maximum atomic E-state index is 12.5. The van der Waals surface area contributed by atoms with Gasteiger partial charge in [-0.1, -0.05) is 0 Å². The summed E-state index contributed by atoms with van der Waals surface area (Å²) < 4.78 is 71.8. The molecule has 0 aliphatic carbocycles. The summed E-state index contributed by atoms with van der Waals surface area (Å²) in [4.78, 5) is 56.3. The molecule has 5 heterocycles. The van der Waals surface area contributed by atoms with Crippen molar-refractivity contribution in [2.45, 2.75) is 192 Å². The number of carbonyl (C=O) groups excluding carboxylic acids is 3. The monoisotopic (exact) mass is 1150 g/mol. The molecule has 0 aromatic rings. The number of aldehydes is 1. The molecule has 5 aliphatic rings. The molecule has 0 saturated carbocycles. The maximum absolute atomic E-state index is 12.5. The molecule has 0 bridgehead atoms. The number of hydrogen-bond acceptors (Lipinski definition) is 33. The van der Waals surface area contributed by atoms with Crippen LogP contribution in [0.15, 0.2) is 0 Å². The molecule has 5 saturated heterocycles. The van der Waals surface area contributed by atoms with Gasteiger partial charge in [0.2, 0.25) is 11.8 Å².